The fourth-order valence-corrected chi connectivity index (χ4v) is 3.78. The van der Waals surface area contributed by atoms with Crippen molar-refractivity contribution < 1.29 is 23.9 Å². The van der Waals surface area contributed by atoms with Gasteiger partial charge in [-0.3, -0.25) is 9.59 Å². The van der Waals surface area contributed by atoms with Crippen LogP contribution in [0.2, 0.25) is 0 Å². The number of rotatable bonds is 5. The van der Waals surface area contributed by atoms with Crippen LogP contribution in [0.5, 0.6) is 0 Å². The van der Waals surface area contributed by atoms with Crippen molar-refractivity contribution >= 4 is 29.1 Å². The number of hydrogen-bond acceptors (Lipinski definition) is 5. The molecule has 1 aliphatic heterocycles. The average Bonchev–Trinajstić information content (AvgIpc) is 3.26. The van der Waals surface area contributed by atoms with Crippen molar-refractivity contribution in [2.75, 3.05) is 7.05 Å². The number of aromatic carboxylic acids is 1. The molecule has 2 aromatic rings. The minimum atomic E-state index is -1.16. The van der Waals surface area contributed by atoms with Gasteiger partial charge >= 0.3 is 5.97 Å². The Morgan fingerprint density at radius 2 is 2.21 bits per heavy atom. The van der Waals surface area contributed by atoms with Gasteiger partial charge in [0.25, 0.3) is 0 Å². The molecule has 2 aromatic heterocycles. The largest absolute Gasteiger partial charge is 0.475 e. The molecule has 0 radical (unpaired) electrons. The second kappa shape index (κ2) is 6.48. The summed E-state index contributed by atoms with van der Waals surface area (Å²) in [5, 5.41) is 13.5. The topological polar surface area (TPSA) is 99.9 Å². The summed E-state index contributed by atoms with van der Waals surface area (Å²) in [4.78, 5) is 37.9. The van der Waals surface area contributed by atoms with Crippen molar-refractivity contribution in [3.05, 3.63) is 46.0 Å². The van der Waals surface area contributed by atoms with Crippen molar-refractivity contribution in [1.29, 1.82) is 0 Å². The van der Waals surface area contributed by atoms with Gasteiger partial charge < -0.3 is 19.7 Å². The first-order chi connectivity index (χ1) is 11.5. The second-order valence-corrected chi connectivity index (χ2v) is 6.54. The number of amides is 2. The number of nitrogens with zero attached hydrogens (tertiary/aromatic N) is 1. The van der Waals surface area contributed by atoms with E-state index in [4.69, 9.17) is 9.52 Å². The van der Waals surface area contributed by atoms with Gasteiger partial charge in [-0.15, -0.1) is 11.3 Å². The third-order valence-electron chi connectivity index (χ3n) is 4.07. The van der Waals surface area contributed by atoms with E-state index >= 15 is 0 Å². The van der Waals surface area contributed by atoms with Gasteiger partial charge in [0.1, 0.15) is 5.76 Å². The molecule has 2 atom stereocenters. The summed E-state index contributed by atoms with van der Waals surface area (Å²) in [6, 6.07) is 6.37. The van der Waals surface area contributed by atoms with Gasteiger partial charge in [-0.05, 0) is 23.6 Å². The number of carbonyl (C=O) groups excluding carboxylic acids is 2. The molecule has 7 nitrogen and oxygen atoms in total. The summed E-state index contributed by atoms with van der Waals surface area (Å²) in [5.41, 5.74) is 0. The average molecular weight is 348 g/mol. The lowest BCUT2D eigenvalue weighted by Gasteiger charge is -2.23. The highest BCUT2D eigenvalue weighted by Gasteiger charge is 2.43. The highest BCUT2D eigenvalue weighted by molar-refractivity contribution is 7.10. The van der Waals surface area contributed by atoms with Gasteiger partial charge in [-0.1, -0.05) is 6.07 Å². The van der Waals surface area contributed by atoms with Crippen LogP contribution in [0.25, 0.3) is 0 Å². The van der Waals surface area contributed by atoms with Crippen LogP contribution in [0.3, 0.4) is 0 Å². The molecular weight excluding hydrogens is 332 g/mol. The number of furan rings is 1. The van der Waals surface area contributed by atoms with E-state index < -0.39 is 11.9 Å². The molecule has 0 aliphatic carbocycles. The third kappa shape index (κ3) is 3.05. The zero-order valence-corrected chi connectivity index (χ0v) is 13.7. The molecule has 0 bridgehead atoms. The van der Waals surface area contributed by atoms with Gasteiger partial charge in [0.2, 0.25) is 17.6 Å². The van der Waals surface area contributed by atoms with Crippen LogP contribution >= 0.6 is 11.3 Å². The summed E-state index contributed by atoms with van der Waals surface area (Å²) < 4.78 is 5.11. The molecule has 1 saturated heterocycles. The van der Waals surface area contributed by atoms with E-state index in [-0.39, 0.29) is 36.6 Å². The predicted octanol–water partition coefficient (Wildman–Crippen LogP) is 1.88. The summed E-state index contributed by atoms with van der Waals surface area (Å²) in [6.07, 6.45) is 0.156. The van der Waals surface area contributed by atoms with Crippen LogP contribution in [-0.4, -0.2) is 34.8 Å². The van der Waals surface area contributed by atoms with Crippen molar-refractivity contribution in [1.82, 2.24) is 10.2 Å². The highest BCUT2D eigenvalue weighted by Crippen LogP contribution is 2.39. The molecule has 24 heavy (non-hydrogen) atoms. The Labute approximate surface area is 141 Å². The molecule has 126 valence electrons. The van der Waals surface area contributed by atoms with E-state index in [9.17, 15) is 14.4 Å². The number of nitrogens with one attached hydrogen (secondary N) is 1. The fraction of sp³-hybridized carbons (Fsp3) is 0.312. The van der Waals surface area contributed by atoms with Gasteiger partial charge in [-0.2, -0.15) is 0 Å². The molecule has 3 heterocycles. The molecule has 1 aliphatic rings. The van der Waals surface area contributed by atoms with Gasteiger partial charge in [0.15, 0.2) is 0 Å². The molecular formula is C16H16N2O5S. The van der Waals surface area contributed by atoms with E-state index in [1.54, 1.807) is 11.9 Å². The van der Waals surface area contributed by atoms with Crippen LogP contribution in [0.15, 0.2) is 34.1 Å². The first kappa shape index (κ1) is 16.3. The Morgan fingerprint density at radius 1 is 1.42 bits per heavy atom. The second-order valence-electron chi connectivity index (χ2n) is 5.56. The minimum absolute atomic E-state index is 0.0697. The van der Waals surface area contributed by atoms with E-state index in [1.807, 2.05) is 17.5 Å². The first-order valence-corrected chi connectivity index (χ1v) is 8.24. The molecule has 0 unspecified atom stereocenters. The maximum atomic E-state index is 12.5. The zero-order valence-electron chi connectivity index (χ0n) is 12.9. The summed E-state index contributed by atoms with van der Waals surface area (Å²) in [7, 11) is 1.70. The Kier molecular flexibility index (Phi) is 4.39. The standard InChI is InChI=1S/C16H16N2O5S/c1-18-13(19)7-10(14(18)12-3-2-6-24-12)15(20)17-8-9-4-5-11(23-9)16(21)22/h2-6,10,14H,7-8H2,1H3,(H,17,20)(H,21,22)/t10-,14+/m0/s1. The zero-order chi connectivity index (χ0) is 17.3. The molecule has 2 N–H and O–H groups in total. The van der Waals surface area contributed by atoms with Gasteiger partial charge in [0.05, 0.1) is 18.5 Å². The summed E-state index contributed by atoms with van der Waals surface area (Å²) in [5.74, 6) is -1.78. The van der Waals surface area contributed by atoms with Crippen LogP contribution in [0.1, 0.15) is 33.7 Å². The molecule has 0 spiro atoms. The monoisotopic (exact) mass is 348 g/mol. The Balaban J connectivity index is 1.69. The van der Waals surface area contributed by atoms with Crippen molar-refractivity contribution in [3.8, 4) is 0 Å². The van der Waals surface area contributed by atoms with Crippen molar-refractivity contribution in [2.45, 2.75) is 19.0 Å². The molecule has 3 rings (SSSR count). The van der Waals surface area contributed by atoms with Crippen LogP contribution in [-0.2, 0) is 16.1 Å². The number of carbonyl (C=O) groups is 3. The number of likely N-dealkylation sites (tertiary alicyclic amines) is 1. The lowest BCUT2D eigenvalue weighted by molar-refractivity contribution is -0.128. The number of carboxylic acids is 1. The third-order valence-corrected chi connectivity index (χ3v) is 5.01. The van der Waals surface area contributed by atoms with Gasteiger partial charge in [0, 0.05) is 18.3 Å². The van der Waals surface area contributed by atoms with E-state index in [0.717, 1.165) is 4.88 Å². The normalized spacial score (nSPS) is 20.4. The minimum Gasteiger partial charge on any atom is -0.475 e. The Bertz CT molecular complexity index is 767. The smallest absolute Gasteiger partial charge is 0.371 e. The lowest BCUT2D eigenvalue weighted by atomic mass is 9.98. The van der Waals surface area contributed by atoms with E-state index in [2.05, 4.69) is 5.32 Å². The summed E-state index contributed by atoms with van der Waals surface area (Å²) >= 11 is 1.51. The molecule has 0 saturated carbocycles. The highest BCUT2D eigenvalue weighted by atomic mass is 32.1. The first-order valence-electron chi connectivity index (χ1n) is 7.36. The van der Waals surface area contributed by atoms with Crippen molar-refractivity contribution in [3.63, 3.8) is 0 Å². The molecule has 0 aromatic carbocycles. The quantitative estimate of drug-likeness (QED) is 0.859. The maximum absolute atomic E-state index is 12.5. The predicted molar refractivity (Wildman–Crippen MR) is 85.5 cm³/mol. The Morgan fingerprint density at radius 3 is 2.83 bits per heavy atom. The molecule has 2 amide bonds. The van der Waals surface area contributed by atoms with Crippen LogP contribution in [0.4, 0.5) is 0 Å². The van der Waals surface area contributed by atoms with Crippen LogP contribution < -0.4 is 5.32 Å². The number of carboxylic acid groups (broad SMARTS) is 1. The fourth-order valence-electron chi connectivity index (χ4n) is 2.85. The van der Waals surface area contributed by atoms with Crippen LogP contribution in [0, 0.1) is 5.92 Å². The lowest BCUT2D eigenvalue weighted by Crippen LogP contribution is -2.33. The molecule has 1 fully saturated rings. The van der Waals surface area contributed by atoms with Crippen molar-refractivity contribution in [2.24, 2.45) is 5.92 Å². The number of thiophene rings is 1. The summed E-state index contributed by atoms with van der Waals surface area (Å²) in [6.45, 7) is 0.0810. The SMILES string of the molecule is CN1C(=O)C[C@H](C(=O)NCc2ccc(C(=O)O)o2)[C@@H]1c1cccs1. The number of hydrogen-bond donors (Lipinski definition) is 2. The van der Waals surface area contributed by atoms with E-state index in [0.29, 0.717) is 5.76 Å². The molecule has 8 heteroatoms. The van der Waals surface area contributed by atoms with Gasteiger partial charge in [-0.25, -0.2) is 4.79 Å². The Hall–Kier alpha value is -2.61. The maximum Gasteiger partial charge on any atom is 0.371 e. The van der Waals surface area contributed by atoms with E-state index in [1.165, 1.54) is 23.5 Å².